The van der Waals surface area contributed by atoms with Crippen molar-refractivity contribution in [3.05, 3.63) is 72.4 Å². The van der Waals surface area contributed by atoms with Gasteiger partial charge >= 0.3 is 6.18 Å². The van der Waals surface area contributed by atoms with Crippen LogP contribution in [-0.2, 0) is 6.18 Å². The Morgan fingerprint density at radius 3 is 2.47 bits per heavy atom. The summed E-state index contributed by atoms with van der Waals surface area (Å²) in [5, 5.41) is 0. The molecule has 0 aliphatic carbocycles. The second-order valence-electron chi connectivity index (χ2n) is 7.11. The first-order valence-electron chi connectivity index (χ1n) is 9.62. The minimum atomic E-state index is -4.40. The summed E-state index contributed by atoms with van der Waals surface area (Å²) >= 11 is 0. The van der Waals surface area contributed by atoms with Gasteiger partial charge in [-0.2, -0.15) is 13.2 Å². The quantitative estimate of drug-likeness (QED) is 0.557. The molecule has 1 aliphatic rings. The molecule has 0 bridgehead atoms. The van der Waals surface area contributed by atoms with Crippen molar-refractivity contribution in [2.45, 2.75) is 18.7 Å². The monoisotopic (exact) mass is 414 g/mol. The molecule has 1 fully saturated rings. The van der Waals surface area contributed by atoms with Gasteiger partial charge in [-0.3, -0.25) is 0 Å². The Bertz CT molecular complexity index is 992. The molecule has 1 aromatic heterocycles. The predicted octanol–water partition coefficient (Wildman–Crippen LogP) is 5.43. The maximum atomic E-state index is 12.7. The van der Waals surface area contributed by atoms with Gasteiger partial charge in [-0.05, 0) is 29.3 Å². The SMILES string of the molecule is COc1cc(-c2ccccc2)ccc1N1CC[C@H](Oc2ccc(C(F)(F)F)cn2)C1. The van der Waals surface area contributed by atoms with Crippen LogP contribution in [0, 0.1) is 0 Å². The van der Waals surface area contributed by atoms with Crippen molar-refractivity contribution in [2.75, 3.05) is 25.1 Å². The fourth-order valence-electron chi connectivity index (χ4n) is 3.58. The molecule has 30 heavy (non-hydrogen) atoms. The molecule has 4 nitrogen and oxygen atoms in total. The van der Waals surface area contributed by atoms with E-state index in [0.29, 0.717) is 6.54 Å². The number of alkyl halides is 3. The van der Waals surface area contributed by atoms with Crippen LogP contribution in [0.3, 0.4) is 0 Å². The number of hydrogen-bond acceptors (Lipinski definition) is 4. The average molecular weight is 414 g/mol. The number of benzene rings is 2. The third-order valence-electron chi connectivity index (χ3n) is 5.12. The van der Waals surface area contributed by atoms with Crippen LogP contribution in [0.4, 0.5) is 18.9 Å². The molecule has 2 aromatic carbocycles. The van der Waals surface area contributed by atoms with Crippen molar-refractivity contribution < 1.29 is 22.6 Å². The van der Waals surface area contributed by atoms with Gasteiger partial charge in [0.25, 0.3) is 0 Å². The fraction of sp³-hybridized carbons (Fsp3) is 0.261. The van der Waals surface area contributed by atoms with Crippen molar-refractivity contribution in [1.82, 2.24) is 4.98 Å². The number of hydrogen-bond donors (Lipinski definition) is 0. The summed E-state index contributed by atoms with van der Waals surface area (Å²) in [4.78, 5) is 5.96. The van der Waals surface area contributed by atoms with Crippen LogP contribution in [0.5, 0.6) is 11.6 Å². The number of aromatic nitrogens is 1. The molecule has 156 valence electrons. The molecule has 0 radical (unpaired) electrons. The molecule has 0 N–H and O–H groups in total. The minimum Gasteiger partial charge on any atom is -0.495 e. The van der Waals surface area contributed by atoms with Crippen molar-refractivity contribution in [1.29, 1.82) is 0 Å². The smallest absolute Gasteiger partial charge is 0.417 e. The second-order valence-corrected chi connectivity index (χ2v) is 7.11. The van der Waals surface area contributed by atoms with Gasteiger partial charge in [-0.25, -0.2) is 4.98 Å². The van der Waals surface area contributed by atoms with Gasteiger partial charge in [0.2, 0.25) is 5.88 Å². The van der Waals surface area contributed by atoms with Crippen molar-refractivity contribution in [2.24, 2.45) is 0 Å². The Balaban J connectivity index is 1.45. The third-order valence-corrected chi connectivity index (χ3v) is 5.12. The maximum absolute atomic E-state index is 12.7. The number of rotatable bonds is 5. The molecule has 1 atom stereocenters. The fourth-order valence-corrected chi connectivity index (χ4v) is 3.58. The summed E-state index contributed by atoms with van der Waals surface area (Å²) in [6.07, 6.45) is -3.02. The normalized spacial score (nSPS) is 16.5. The highest BCUT2D eigenvalue weighted by atomic mass is 19.4. The second kappa shape index (κ2) is 8.26. The Labute approximate surface area is 172 Å². The van der Waals surface area contributed by atoms with E-state index < -0.39 is 11.7 Å². The molecule has 0 saturated carbocycles. The Hall–Kier alpha value is -3.22. The van der Waals surface area contributed by atoms with Crippen molar-refractivity contribution in [3.63, 3.8) is 0 Å². The predicted molar refractivity (Wildman–Crippen MR) is 109 cm³/mol. The van der Waals surface area contributed by atoms with Crippen LogP contribution in [0.1, 0.15) is 12.0 Å². The Morgan fingerprint density at radius 1 is 1.00 bits per heavy atom. The standard InChI is InChI=1S/C23H21F3N2O2/c1-29-21-13-17(16-5-3-2-4-6-16)7-9-20(21)28-12-11-19(15-28)30-22-10-8-18(14-27-22)23(24,25)26/h2-10,13-14,19H,11-12,15H2,1H3/t19-/m0/s1. The molecule has 0 amide bonds. The van der Waals surface area contributed by atoms with Gasteiger partial charge in [0.15, 0.2) is 0 Å². The number of pyridine rings is 1. The van der Waals surface area contributed by atoms with E-state index in [1.54, 1.807) is 7.11 Å². The summed E-state index contributed by atoms with van der Waals surface area (Å²) in [6.45, 7) is 1.36. The summed E-state index contributed by atoms with van der Waals surface area (Å²) in [7, 11) is 1.64. The number of halogens is 3. The number of nitrogens with zero attached hydrogens (tertiary/aromatic N) is 2. The maximum Gasteiger partial charge on any atom is 0.417 e. The lowest BCUT2D eigenvalue weighted by molar-refractivity contribution is -0.137. The van der Waals surface area contributed by atoms with Gasteiger partial charge in [-0.1, -0.05) is 36.4 Å². The van der Waals surface area contributed by atoms with E-state index in [-0.39, 0.29) is 12.0 Å². The molecule has 1 saturated heterocycles. The average Bonchev–Trinajstić information content (AvgIpc) is 3.22. The Kier molecular flexibility index (Phi) is 5.53. The zero-order chi connectivity index (χ0) is 21.1. The van der Waals surface area contributed by atoms with Crippen LogP contribution in [-0.4, -0.2) is 31.3 Å². The number of methoxy groups -OCH3 is 1. The van der Waals surface area contributed by atoms with E-state index in [1.165, 1.54) is 6.07 Å². The molecule has 4 rings (SSSR count). The van der Waals surface area contributed by atoms with Crippen molar-refractivity contribution >= 4 is 5.69 Å². The molecule has 3 aromatic rings. The molecular weight excluding hydrogens is 393 g/mol. The minimum absolute atomic E-state index is 0.159. The van der Waals surface area contributed by atoms with Gasteiger partial charge in [0.05, 0.1) is 24.9 Å². The highest BCUT2D eigenvalue weighted by Crippen LogP contribution is 2.35. The highest BCUT2D eigenvalue weighted by molar-refractivity contribution is 5.71. The Morgan fingerprint density at radius 2 is 1.80 bits per heavy atom. The van der Waals surface area contributed by atoms with Crippen LogP contribution < -0.4 is 14.4 Å². The lowest BCUT2D eigenvalue weighted by Gasteiger charge is -2.22. The van der Waals surface area contributed by atoms with Gasteiger partial charge in [-0.15, -0.1) is 0 Å². The lowest BCUT2D eigenvalue weighted by atomic mass is 10.0. The van der Waals surface area contributed by atoms with E-state index in [2.05, 4.69) is 16.0 Å². The summed E-state index contributed by atoms with van der Waals surface area (Å²) in [5.74, 6) is 0.964. The van der Waals surface area contributed by atoms with E-state index in [1.807, 2.05) is 42.5 Å². The molecule has 2 heterocycles. The zero-order valence-electron chi connectivity index (χ0n) is 16.4. The van der Waals surface area contributed by atoms with E-state index in [0.717, 1.165) is 47.8 Å². The molecule has 0 spiro atoms. The zero-order valence-corrected chi connectivity index (χ0v) is 16.4. The topological polar surface area (TPSA) is 34.6 Å². The van der Waals surface area contributed by atoms with Crippen LogP contribution in [0.2, 0.25) is 0 Å². The summed E-state index contributed by atoms with van der Waals surface area (Å²) < 4.78 is 49.4. The first-order valence-corrected chi connectivity index (χ1v) is 9.62. The van der Waals surface area contributed by atoms with Crippen LogP contribution in [0.15, 0.2) is 66.9 Å². The van der Waals surface area contributed by atoms with Crippen LogP contribution >= 0.6 is 0 Å². The molecule has 1 aliphatic heterocycles. The van der Waals surface area contributed by atoms with E-state index >= 15 is 0 Å². The third kappa shape index (κ3) is 4.35. The van der Waals surface area contributed by atoms with Gasteiger partial charge in [0.1, 0.15) is 11.9 Å². The first-order chi connectivity index (χ1) is 14.4. The van der Waals surface area contributed by atoms with E-state index in [4.69, 9.17) is 9.47 Å². The molecular formula is C23H21F3N2O2. The van der Waals surface area contributed by atoms with Gasteiger partial charge in [0, 0.05) is 25.2 Å². The lowest BCUT2D eigenvalue weighted by Crippen LogP contribution is -2.25. The van der Waals surface area contributed by atoms with Crippen molar-refractivity contribution in [3.8, 4) is 22.8 Å². The number of ether oxygens (including phenoxy) is 2. The first kappa shape index (κ1) is 20.1. The molecule has 7 heteroatoms. The summed E-state index contributed by atoms with van der Waals surface area (Å²) in [5.41, 5.74) is 2.35. The highest BCUT2D eigenvalue weighted by Gasteiger charge is 2.31. The largest absolute Gasteiger partial charge is 0.495 e. The molecule has 0 unspecified atom stereocenters. The summed E-state index contributed by atoms with van der Waals surface area (Å²) in [6, 6.07) is 18.4. The van der Waals surface area contributed by atoms with E-state index in [9.17, 15) is 13.2 Å². The van der Waals surface area contributed by atoms with Crippen LogP contribution in [0.25, 0.3) is 11.1 Å². The van der Waals surface area contributed by atoms with Gasteiger partial charge < -0.3 is 14.4 Å². The number of anilines is 1.